The van der Waals surface area contributed by atoms with Gasteiger partial charge in [0.1, 0.15) is 17.3 Å². The minimum Gasteiger partial charge on any atom is -0.392 e. The Kier molecular flexibility index (Phi) is 3.35. The average molecular weight is 242 g/mol. The van der Waals surface area contributed by atoms with E-state index in [9.17, 15) is 18.7 Å². The van der Waals surface area contributed by atoms with Gasteiger partial charge in [-0.25, -0.2) is 8.78 Å². The highest BCUT2D eigenvalue weighted by Gasteiger charge is 2.28. The van der Waals surface area contributed by atoms with Crippen LogP contribution in [0.4, 0.5) is 14.5 Å². The van der Waals surface area contributed by atoms with E-state index in [1.807, 2.05) is 0 Å². The number of aliphatic hydroxyl groups is 1. The Hall–Kier alpha value is -1.53. The summed E-state index contributed by atoms with van der Waals surface area (Å²) in [5, 5.41) is 14.2. The molecule has 1 aromatic rings. The van der Waals surface area contributed by atoms with E-state index < -0.39 is 35.4 Å². The summed E-state index contributed by atoms with van der Waals surface area (Å²) < 4.78 is 26.5. The van der Waals surface area contributed by atoms with E-state index in [0.717, 1.165) is 12.1 Å². The molecule has 0 saturated carbocycles. The quantitative estimate of drug-likeness (QED) is 0.712. The van der Waals surface area contributed by atoms with Gasteiger partial charge in [-0.2, -0.15) is 0 Å². The maximum absolute atomic E-state index is 13.2. The van der Waals surface area contributed by atoms with Gasteiger partial charge < -0.3 is 15.7 Å². The van der Waals surface area contributed by atoms with Gasteiger partial charge in [-0.1, -0.05) is 6.07 Å². The highest BCUT2D eigenvalue weighted by atomic mass is 19.1. The second-order valence-corrected chi connectivity index (χ2v) is 3.94. The predicted octanol–water partition coefficient (Wildman–Crippen LogP) is 0.626. The monoisotopic (exact) mass is 242 g/mol. The number of hydrogen-bond acceptors (Lipinski definition) is 3. The van der Waals surface area contributed by atoms with Crippen LogP contribution >= 0.6 is 0 Å². The summed E-state index contributed by atoms with van der Waals surface area (Å²) >= 11 is 0. The Morgan fingerprint density at radius 1 is 1.41 bits per heavy atom. The molecule has 1 saturated heterocycles. The van der Waals surface area contributed by atoms with Gasteiger partial charge in [0.15, 0.2) is 0 Å². The van der Waals surface area contributed by atoms with E-state index in [4.69, 9.17) is 0 Å². The number of anilines is 1. The van der Waals surface area contributed by atoms with Crippen LogP contribution in [-0.4, -0.2) is 29.7 Å². The van der Waals surface area contributed by atoms with Crippen molar-refractivity contribution >= 4 is 11.6 Å². The molecule has 2 atom stereocenters. The summed E-state index contributed by atoms with van der Waals surface area (Å²) in [4.78, 5) is 11.6. The second kappa shape index (κ2) is 4.77. The van der Waals surface area contributed by atoms with Crippen molar-refractivity contribution in [3.05, 3.63) is 29.8 Å². The molecule has 92 valence electrons. The molecule has 2 unspecified atom stereocenters. The summed E-state index contributed by atoms with van der Waals surface area (Å²) in [5.41, 5.74) is -0.458. The van der Waals surface area contributed by atoms with Crippen LogP contribution in [0.2, 0.25) is 0 Å². The fraction of sp³-hybridized carbons (Fsp3) is 0.364. The van der Waals surface area contributed by atoms with Crippen LogP contribution in [0.1, 0.15) is 6.42 Å². The molecular formula is C11H12F2N2O2. The number of hydrogen-bond donors (Lipinski definition) is 3. The Morgan fingerprint density at radius 2 is 2.06 bits per heavy atom. The van der Waals surface area contributed by atoms with Crippen molar-refractivity contribution in [2.24, 2.45) is 0 Å². The number of rotatable bonds is 2. The third-order valence-corrected chi connectivity index (χ3v) is 2.64. The van der Waals surface area contributed by atoms with Crippen LogP contribution in [0.15, 0.2) is 18.2 Å². The lowest BCUT2D eigenvalue weighted by atomic mass is 10.2. The number of halogens is 2. The Morgan fingerprint density at radius 3 is 2.59 bits per heavy atom. The number of amides is 1. The van der Waals surface area contributed by atoms with E-state index in [-0.39, 0.29) is 6.42 Å². The average Bonchev–Trinajstić information content (AvgIpc) is 2.70. The highest BCUT2D eigenvalue weighted by Crippen LogP contribution is 2.19. The van der Waals surface area contributed by atoms with Gasteiger partial charge >= 0.3 is 0 Å². The molecule has 4 nitrogen and oxygen atoms in total. The number of carbonyl (C=O) groups is 1. The SMILES string of the molecule is O=C(Nc1c(F)cccc1F)C1CC(O)CN1. The van der Waals surface area contributed by atoms with Gasteiger partial charge in [0, 0.05) is 6.54 Å². The Labute approximate surface area is 96.6 Å². The minimum atomic E-state index is -0.822. The molecule has 1 heterocycles. The molecule has 2 rings (SSSR count). The molecule has 1 aromatic carbocycles. The van der Waals surface area contributed by atoms with Crippen molar-refractivity contribution in [2.75, 3.05) is 11.9 Å². The minimum absolute atomic E-state index is 0.238. The zero-order chi connectivity index (χ0) is 12.4. The number of aliphatic hydroxyl groups excluding tert-OH is 1. The summed E-state index contributed by atoms with van der Waals surface area (Å²) in [5.74, 6) is -2.20. The summed E-state index contributed by atoms with van der Waals surface area (Å²) in [7, 11) is 0. The maximum Gasteiger partial charge on any atom is 0.241 e. The lowest BCUT2D eigenvalue weighted by Crippen LogP contribution is -2.35. The lowest BCUT2D eigenvalue weighted by molar-refractivity contribution is -0.118. The molecule has 1 amide bonds. The topological polar surface area (TPSA) is 61.4 Å². The zero-order valence-corrected chi connectivity index (χ0v) is 8.91. The van der Waals surface area contributed by atoms with Crippen molar-refractivity contribution in [1.29, 1.82) is 0 Å². The summed E-state index contributed by atoms with van der Waals surface area (Å²) in [6.07, 6.45) is -0.363. The molecule has 1 aliphatic heterocycles. The number of nitrogens with one attached hydrogen (secondary N) is 2. The number of para-hydroxylation sites is 1. The normalized spacial score (nSPS) is 23.7. The third-order valence-electron chi connectivity index (χ3n) is 2.64. The second-order valence-electron chi connectivity index (χ2n) is 3.94. The third kappa shape index (κ3) is 2.59. The fourth-order valence-corrected chi connectivity index (χ4v) is 1.74. The summed E-state index contributed by atoms with van der Waals surface area (Å²) in [6, 6.07) is 2.73. The molecule has 17 heavy (non-hydrogen) atoms. The zero-order valence-electron chi connectivity index (χ0n) is 8.91. The van der Waals surface area contributed by atoms with Gasteiger partial charge in [-0.15, -0.1) is 0 Å². The van der Waals surface area contributed by atoms with Crippen LogP contribution in [-0.2, 0) is 4.79 Å². The molecule has 1 aliphatic rings. The largest absolute Gasteiger partial charge is 0.392 e. The number of carbonyl (C=O) groups excluding carboxylic acids is 1. The molecule has 1 fully saturated rings. The van der Waals surface area contributed by atoms with E-state index in [1.54, 1.807) is 0 Å². The molecule has 0 bridgehead atoms. The lowest BCUT2D eigenvalue weighted by Gasteiger charge is -2.12. The van der Waals surface area contributed by atoms with Gasteiger partial charge in [0.25, 0.3) is 0 Å². The maximum atomic E-state index is 13.2. The smallest absolute Gasteiger partial charge is 0.241 e. The highest BCUT2D eigenvalue weighted by molar-refractivity contribution is 5.95. The van der Waals surface area contributed by atoms with Crippen molar-refractivity contribution < 1.29 is 18.7 Å². The molecular weight excluding hydrogens is 230 g/mol. The first-order valence-electron chi connectivity index (χ1n) is 5.24. The van der Waals surface area contributed by atoms with Gasteiger partial charge in [0.2, 0.25) is 5.91 Å². The first kappa shape index (κ1) is 11.9. The Bertz CT molecular complexity index is 419. The molecule has 0 aliphatic carbocycles. The fourth-order valence-electron chi connectivity index (χ4n) is 1.74. The van der Waals surface area contributed by atoms with Gasteiger partial charge in [-0.05, 0) is 18.6 Å². The van der Waals surface area contributed by atoms with Gasteiger partial charge in [0.05, 0.1) is 12.1 Å². The predicted molar refractivity (Wildman–Crippen MR) is 57.4 cm³/mol. The van der Waals surface area contributed by atoms with Crippen LogP contribution in [0.5, 0.6) is 0 Å². The molecule has 0 spiro atoms. The van der Waals surface area contributed by atoms with Crippen LogP contribution in [0.3, 0.4) is 0 Å². The van der Waals surface area contributed by atoms with Crippen molar-refractivity contribution in [3.8, 4) is 0 Å². The van der Waals surface area contributed by atoms with Gasteiger partial charge in [-0.3, -0.25) is 4.79 Å². The summed E-state index contributed by atoms with van der Waals surface area (Å²) in [6.45, 7) is 0.303. The van der Waals surface area contributed by atoms with Crippen LogP contribution in [0, 0.1) is 11.6 Å². The van der Waals surface area contributed by atoms with Crippen molar-refractivity contribution in [3.63, 3.8) is 0 Å². The first-order valence-corrected chi connectivity index (χ1v) is 5.24. The number of benzene rings is 1. The first-order chi connectivity index (χ1) is 8.08. The Balaban J connectivity index is 2.08. The van der Waals surface area contributed by atoms with E-state index in [2.05, 4.69) is 10.6 Å². The molecule has 0 radical (unpaired) electrons. The van der Waals surface area contributed by atoms with E-state index in [0.29, 0.717) is 6.54 Å². The van der Waals surface area contributed by atoms with Crippen molar-refractivity contribution in [1.82, 2.24) is 5.32 Å². The van der Waals surface area contributed by atoms with Crippen LogP contribution in [0.25, 0.3) is 0 Å². The molecule has 3 N–H and O–H groups in total. The molecule has 6 heteroatoms. The van der Waals surface area contributed by atoms with Crippen LogP contribution < -0.4 is 10.6 Å². The number of β-amino-alcohol motifs (C(OH)–C–C–N with tert-alkyl or cyclic N) is 1. The van der Waals surface area contributed by atoms with E-state index >= 15 is 0 Å². The molecule has 0 aromatic heterocycles. The standard InChI is InChI=1S/C11H12F2N2O2/c12-7-2-1-3-8(13)10(7)15-11(17)9-4-6(16)5-14-9/h1-3,6,9,14,16H,4-5H2,(H,15,17). The van der Waals surface area contributed by atoms with E-state index in [1.165, 1.54) is 6.07 Å². The van der Waals surface area contributed by atoms with Crippen molar-refractivity contribution in [2.45, 2.75) is 18.6 Å².